The minimum Gasteiger partial charge on any atom is -0.0656 e. The SMILES string of the molecule is Cc1ccc(-c2cc(-c3ccc(C)cc3)c3ccc4c(-c5cc([Si](C)(C)C)cc([Si](C)(C)C)c5)cc(-c5ccc(C)cc5)c5ccc2c3c54)cc1. The van der Waals surface area contributed by atoms with Crippen LogP contribution in [-0.4, -0.2) is 16.1 Å². The fourth-order valence-electron chi connectivity index (χ4n) is 7.80. The number of benzene rings is 8. The molecular weight excluding hydrogens is 645 g/mol. The molecule has 0 bridgehead atoms. The summed E-state index contributed by atoms with van der Waals surface area (Å²) in [5.74, 6) is 0. The van der Waals surface area contributed by atoms with Gasteiger partial charge in [0.2, 0.25) is 0 Å². The van der Waals surface area contributed by atoms with Gasteiger partial charge < -0.3 is 0 Å². The van der Waals surface area contributed by atoms with E-state index in [2.05, 4.69) is 187 Å². The van der Waals surface area contributed by atoms with Crippen LogP contribution in [0.5, 0.6) is 0 Å². The van der Waals surface area contributed by atoms with Gasteiger partial charge in [0.05, 0.1) is 16.1 Å². The van der Waals surface area contributed by atoms with E-state index in [-0.39, 0.29) is 0 Å². The standard InChI is InChI=1S/C49H48Si2/c1-31-10-16-34(17-11-31)44-29-45(35-18-12-32(2)13-19-35)41-24-25-43-47(37-26-38(50(4,5)6)28-39(27-37)51(7,8)9)30-46(36-20-14-33(3)15-21-36)42-23-22-40(44)48(41)49(42)43/h10-30H,1-9H3. The highest BCUT2D eigenvalue weighted by molar-refractivity contribution is 6.91. The molecule has 0 N–H and O–H groups in total. The lowest BCUT2D eigenvalue weighted by molar-refractivity contribution is 1.47. The maximum Gasteiger partial charge on any atom is 0.0776 e. The van der Waals surface area contributed by atoms with Crippen LogP contribution in [-0.2, 0) is 0 Å². The summed E-state index contributed by atoms with van der Waals surface area (Å²) in [7, 11) is -3.20. The summed E-state index contributed by atoms with van der Waals surface area (Å²) in [5, 5.41) is 11.1. The minimum absolute atomic E-state index is 1.26. The Morgan fingerprint density at radius 2 is 0.569 bits per heavy atom. The summed E-state index contributed by atoms with van der Waals surface area (Å²) in [5.41, 5.74) is 14.2. The first-order valence-electron chi connectivity index (χ1n) is 18.4. The Morgan fingerprint density at radius 1 is 0.294 bits per heavy atom. The Labute approximate surface area is 306 Å². The molecular formula is C49H48Si2. The van der Waals surface area contributed by atoms with Crippen LogP contribution in [0.2, 0.25) is 39.3 Å². The summed E-state index contributed by atoms with van der Waals surface area (Å²) in [6.45, 7) is 21.4. The van der Waals surface area contributed by atoms with Gasteiger partial charge in [0.15, 0.2) is 0 Å². The van der Waals surface area contributed by atoms with E-state index in [1.165, 1.54) is 93.5 Å². The topological polar surface area (TPSA) is 0 Å². The Kier molecular flexibility index (Phi) is 7.97. The van der Waals surface area contributed by atoms with E-state index in [0.29, 0.717) is 0 Å². The van der Waals surface area contributed by atoms with E-state index in [1.54, 1.807) is 10.4 Å². The zero-order chi connectivity index (χ0) is 35.8. The highest BCUT2D eigenvalue weighted by atomic mass is 28.3. The van der Waals surface area contributed by atoms with Crippen LogP contribution in [0.15, 0.2) is 127 Å². The fraction of sp³-hybridized carbons (Fsp3) is 0.184. The predicted molar refractivity (Wildman–Crippen MR) is 232 cm³/mol. The third kappa shape index (κ3) is 5.95. The van der Waals surface area contributed by atoms with Gasteiger partial charge >= 0.3 is 0 Å². The zero-order valence-electron chi connectivity index (χ0n) is 31.6. The van der Waals surface area contributed by atoms with Crippen molar-refractivity contribution in [1.29, 1.82) is 0 Å². The van der Waals surface area contributed by atoms with Crippen molar-refractivity contribution in [2.45, 2.75) is 60.1 Å². The molecule has 0 amide bonds. The largest absolute Gasteiger partial charge is 0.0776 e. The quantitative estimate of drug-likeness (QED) is 0.120. The van der Waals surface area contributed by atoms with Gasteiger partial charge in [-0.25, -0.2) is 0 Å². The smallest absolute Gasteiger partial charge is 0.0656 e. The van der Waals surface area contributed by atoms with E-state index < -0.39 is 16.1 Å². The number of rotatable bonds is 6. The van der Waals surface area contributed by atoms with E-state index in [9.17, 15) is 0 Å². The second-order valence-electron chi connectivity index (χ2n) is 16.9. The summed E-state index contributed by atoms with van der Waals surface area (Å²) in [4.78, 5) is 0. The summed E-state index contributed by atoms with van der Waals surface area (Å²) >= 11 is 0. The van der Waals surface area contributed by atoms with E-state index in [4.69, 9.17) is 0 Å². The Bertz CT molecular complexity index is 2480. The molecule has 252 valence electrons. The van der Waals surface area contributed by atoms with Crippen molar-refractivity contribution in [3.63, 3.8) is 0 Å². The number of hydrogen-bond donors (Lipinski definition) is 0. The average molecular weight is 693 g/mol. The molecule has 8 aromatic rings. The van der Waals surface area contributed by atoms with Crippen molar-refractivity contribution in [2.24, 2.45) is 0 Å². The third-order valence-corrected chi connectivity index (χ3v) is 15.0. The van der Waals surface area contributed by atoms with Gasteiger partial charge in [-0.2, -0.15) is 0 Å². The highest BCUT2D eigenvalue weighted by Crippen LogP contribution is 2.48. The summed E-state index contributed by atoms with van der Waals surface area (Å²) < 4.78 is 0. The third-order valence-electron chi connectivity index (χ3n) is 11.0. The fourth-order valence-corrected chi connectivity index (χ4v) is 10.3. The van der Waals surface area contributed by atoms with Gasteiger partial charge in [0.1, 0.15) is 0 Å². The van der Waals surface area contributed by atoms with Crippen molar-refractivity contribution in [3.05, 3.63) is 144 Å². The van der Waals surface area contributed by atoms with E-state index >= 15 is 0 Å². The van der Waals surface area contributed by atoms with Crippen LogP contribution >= 0.6 is 0 Å². The van der Waals surface area contributed by atoms with Crippen LogP contribution in [0.1, 0.15) is 16.7 Å². The lowest BCUT2D eigenvalue weighted by Crippen LogP contribution is -2.45. The molecule has 0 atom stereocenters. The minimum atomic E-state index is -1.60. The summed E-state index contributed by atoms with van der Waals surface area (Å²) in [6, 6.07) is 49.5. The van der Waals surface area contributed by atoms with Crippen LogP contribution in [0, 0.1) is 20.8 Å². The first kappa shape index (κ1) is 33.4. The molecule has 0 saturated heterocycles. The molecule has 8 aromatic carbocycles. The molecule has 0 aliphatic heterocycles. The summed E-state index contributed by atoms with van der Waals surface area (Å²) in [6.07, 6.45) is 0. The van der Waals surface area contributed by atoms with Crippen molar-refractivity contribution in [3.8, 4) is 44.5 Å². The maximum absolute atomic E-state index is 2.56. The molecule has 2 heteroatoms. The molecule has 0 nitrogen and oxygen atoms in total. The van der Waals surface area contributed by atoms with Crippen LogP contribution in [0.3, 0.4) is 0 Å². The molecule has 0 fully saturated rings. The molecule has 0 aliphatic carbocycles. The molecule has 0 spiro atoms. The highest BCUT2D eigenvalue weighted by Gasteiger charge is 2.25. The monoisotopic (exact) mass is 692 g/mol. The first-order valence-corrected chi connectivity index (χ1v) is 25.4. The zero-order valence-corrected chi connectivity index (χ0v) is 33.6. The van der Waals surface area contributed by atoms with Crippen molar-refractivity contribution in [1.82, 2.24) is 0 Å². The lowest BCUT2D eigenvalue weighted by Gasteiger charge is -2.26. The average Bonchev–Trinajstić information content (AvgIpc) is 3.10. The predicted octanol–water partition coefficient (Wildman–Crippen LogP) is 13.3. The first-order chi connectivity index (χ1) is 24.3. The normalized spacial score (nSPS) is 12.4. The Balaban J connectivity index is 1.56. The van der Waals surface area contributed by atoms with Crippen LogP contribution < -0.4 is 10.4 Å². The number of aryl methyl sites for hydroxylation is 3. The van der Waals surface area contributed by atoms with Crippen molar-refractivity contribution >= 4 is 58.8 Å². The van der Waals surface area contributed by atoms with Crippen LogP contribution in [0.4, 0.5) is 0 Å². The second kappa shape index (κ2) is 12.2. The van der Waals surface area contributed by atoms with Crippen molar-refractivity contribution < 1.29 is 0 Å². The van der Waals surface area contributed by atoms with Gasteiger partial charge in [-0.05, 0) is 110 Å². The second-order valence-corrected chi connectivity index (χ2v) is 27.1. The molecule has 0 saturated carbocycles. The molecule has 51 heavy (non-hydrogen) atoms. The molecule has 0 unspecified atom stereocenters. The van der Waals surface area contributed by atoms with Gasteiger partial charge in [-0.1, -0.05) is 182 Å². The van der Waals surface area contributed by atoms with Gasteiger partial charge in [-0.3, -0.25) is 0 Å². The molecule has 0 radical (unpaired) electrons. The molecule has 0 aliphatic rings. The molecule has 0 aromatic heterocycles. The van der Waals surface area contributed by atoms with E-state index in [1.807, 2.05) is 0 Å². The van der Waals surface area contributed by atoms with Crippen LogP contribution in [0.25, 0.3) is 76.8 Å². The van der Waals surface area contributed by atoms with Crippen molar-refractivity contribution in [2.75, 3.05) is 0 Å². The Morgan fingerprint density at radius 3 is 0.843 bits per heavy atom. The van der Waals surface area contributed by atoms with Gasteiger partial charge in [0, 0.05) is 0 Å². The maximum atomic E-state index is 2.56. The Hall–Kier alpha value is -4.77. The van der Waals surface area contributed by atoms with E-state index in [0.717, 1.165) is 0 Å². The van der Waals surface area contributed by atoms with Gasteiger partial charge in [0.25, 0.3) is 0 Å². The molecule has 8 rings (SSSR count). The number of hydrogen-bond acceptors (Lipinski definition) is 0. The molecule has 0 heterocycles. The lowest BCUT2D eigenvalue weighted by atomic mass is 9.82. The van der Waals surface area contributed by atoms with Gasteiger partial charge in [-0.15, -0.1) is 0 Å².